The van der Waals surface area contributed by atoms with E-state index in [-0.39, 0.29) is 17.4 Å². The predicted octanol–water partition coefficient (Wildman–Crippen LogP) is 2.34. The quantitative estimate of drug-likeness (QED) is 0.772. The monoisotopic (exact) mass is 290 g/mol. The van der Waals surface area contributed by atoms with Gasteiger partial charge < -0.3 is 15.8 Å². The second-order valence-electron chi connectivity index (χ2n) is 6.24. The lowest BCUT2D eigenvalue weighted by Gasteiger charge is -2.31. The summed E-state index contributed by atoms with van der Waals surface area (Å²) in [5, 5.41) is 3.13. The lowest BCUT2D eigenvalue weighted by molar-refractivity contribution is -0.126. The number of carbonyl (C=O) groups is 1. The average Bonchev–Trinajstić information content (AvgIpc) is 3.33. The molecule has 0 heterocycles. The Morgan fingerprint density at radius 3 is 2.67 bits per heavy atom. The summed E-state index contributed by atoms with van der Waals surface area (Å²) >= 11 is 0. The molecule has 1 aromatic rings. The smallest absolute Gasteiger partial charge is 0.223 e. The highest BCUT2D eigenvalue weighted by atomic mass is 16.5. The van der Waals surface area contributed by atoms with Crippen molar-refractivity contribution >= 4 is 5.91 Å². The molecule has 1 fully saturated rings. The van der Waals surface area contributed by atoms with Gasteiger partial charge in [-0.25, -0.2) is 0 Å². The van der Waals surface area contributed by atoms with Crippen molar-refractivity contribution < 1.29 is 9.53 Å². The average molecular weight is 290 g/mol. The highest BCUT2D eigenvalue weighted by Gasteiger charge is 2.41. The van der Waals surface area contributed by atoms with Gasteiger partial charge in [0.2, 0.25) is 5.91 Å². The van der Waals surface area contributed by atoms with E-state index >= 15 is 0 Å². The number of hydrogen-bond acceptors (Lipinski definition) is 3. The molecule has 0 radical (unpaired) electrons. The molecular formula is C17H26N2O2. The maximum Gasteiger partial charge on any atom is 0.223 e. The zero-order valence-corrected chi connectivity index (χ0v) is 13.0. The summed E-state index contributed by atoms with van der Waals surface area (Å²) in [5.41, 5.74) is 5.59. The summed E-state index contributed by atoms with van der Waals surface area (Å²) in [5.74, 6) is 1.39. The summed E-state index contributed by atoms with van der Waals surface area (Å²) < 4.78 is 5.64. The Morgan fingerprint density at radius 1 is 1.43 bits per heavy atom. The number of carbonyl (C=O) groups excluding carboxylic acids is 1. The molecule has 1 aliphatic carbocycles. The molecule has 0 aromatic heterocycles. The minimum absolute atomic E-state index is 0.0710. The topological polar surface area (TPSA) is 64.3 Å². The molecule has 4 heteroatoms. The third-order valence-electron chi connectivity index (χ3n) is 4.32. The van der Waals surface area contributed by atoms with Crippen LogP contribution in [0.25, 0.3) is 0 Å². The SMILES string of the molecule is CC(CCOc1ccccc1)C(=O)NC(C)(CN)C1CC1. The van der Waals surface area contributed by atoms with Gasteiger partial charge in [-0.05, 0) is 44.2 Å². The standard InChI is InChI=1S/C17H26N2O2/c1-13(10-11-21-15-6-4-3-5-7-15)16(20)19-17(2,12-18)14-8-9-14/h3-7,13-14H,8-12,18H2,1-2H3,(H,19,20). The van der Waals surface area contributed by atoms with Gasteiger partial charge in [0.05, 0.1) is 12.1 Å². The van der Waals surface area contributed by atoms with Crippen molar-refractivity contribution in [2.24, 2.45) is 17.6 Å². The largest absolute Gasteiger partial charge is 0.494 e. The number of ether oxygens (including phenoxy) is 1. The Kier molecular flexibility index (Phi) is 5.23. The van der Waals surface area contributed by atoms with E-state index in [4.69, 9.17) is 10.5 Å². The van der Waals surface area contributed by atoms with Gasteiger partial charge >= 0.3 is 0 Å². The second-order valence-corrected chi connectivity index (χ2v) is 6.24. The summed E-state index contributed by atoms with van der Waals surface area (Å²) in [4.78, 5) is 12.3. The van der Waals surface area contributed by atoms with E-state index in [0.29, 0.717) is 25.5 Å². The Morgan fingerprint density at radius 2 is 2.10 bits per heavy atom. The van der Waals surface area contributed by atoms with Crippen LogP contribution in [-0.2, 0) is 4.79 Å². The molecule has 1 aliphatic rings. The highest BCUT2D eigenvalue weighted by Crippen LogP contribution is 2.39. The first kappa shape index (κ1) is 15.8. The van der Waals surface area contributed by atoms with Gasteiger partial charge in [-0.2, -0.15) is 0 Å². The molecular weight excluding hydrogens is 264 g/mol. The number of rotatable bonds is 8. The zero-order valence-electron chi connectivity index (χ0n) is 13.0. The van der Waals surface area contributed by atoms with Crippen LogP contribution >= 0.6 is 0 Å². The third kappa shape index (κ3) is 4.46. The normalized spacial score (nSPS) is 18.6. The van der Waals surface area contributed by atoms with Crippen LogP contribution in [0.5, 0.6) is 5.75 Å². The van der Waals surface area contributed by atoms with Crippen LogP contribution in [0.15, 0.2) is 30.3 Å². The molecule has 1 aromatic carbocycles. The van der Waals surface area contributed by atoms with E-state index in [1.807, 2.05) is 37.3 Å². The maximum absolute atomic E-state index is 12.3. The van der Waals surface area contributed by atoms with Crippen molar-refractivity contribution in [3.05, 3.63) is 30.3 Å². The molecule has 1 amide bonds. The van der Waals surface area contributed by atoms with Crippen molar-refractivity contribution in [3.8, 4) is 5.75 Å². The molecule has 2 unspecified atom stereocenters. The van der Waals surface area contributed by atoms with E-state index in [1.165, 1.54) is 12.8 Å². The molecule has 21 heavy (non-hydrogen) atoms. The third-order valence-corrected chi connectivity index (χ3v) is 4.32. The van der Waals surface area contributed by atoms with Crippen molar-refractivity contribution in [2.45, 2.75) is 38.6 Å². The van der Waals surface area contributed by atoms with E-state index in [9.17, 15) is 4.79 Å². The molecule has 0 bridgehead atoms. The number of hydrogen-bond donors (Lipinski definition) is 2. The molecule has 0 aliphatic heterocycles. The summed E-state index contributed by atoms with van der Waals surface area (Å²) in [6.45, 7) is 5.03. The summed E-state index contributed by atoms with van der Waals surface area (Å²) in [6, 6.07) is 9.67. The van der Waals surface area contributed by atoms with E-state index in [1.54, 1.807) is 0 Å². The van der Waals surface area contributed by atoms with Gasteiger partial charge in [-0.1, -0.05) is 25.1 Å². The minimum Gasteiger partial charge on any atom is -0.494 e. The molecule has 3 N–H and O–H groups in total. The number of para-hydroxylation sites is 1. The van der Waals surface area contributed by atoms with Crippen LogP contribution in [-0.4, -0.2) is 24.6 Å². The van der Waals surface area contributed by atoms with Crippen LogP contribution < -0.4 is 15.8 Å². The Labute approximate surface area is 127 Å². The Balaban J connectivity index is 1.74. The minimum atomic E-state index is -0.244. The maximum atomic E-state index is 12.3. The van der Waals surface area contributed by atoms with E-state index in [0.717, 1.165) is 5.75 Å². The number of nitrogens with two attached hydrogens (primary N) is 1. The molecule has 4 nitrogen and oxygen atoms in total. The Bertz CT molecular complexity index is 459. The van der Waals surface area contributed by atoms with Crippen molar-refractivity contribution in [2.75, 3.05) is 13.2 Å². The fourth-order valence-electron chi connectivity index (χ4n) is 2.45. The first-order valence-corrected chi connectivity index (χ1v) is 7.75. The number of benzene rings is 1. The molecule has 0 spiro atoms. The van der Waals surface area contributed by atoms with Gasteiger partial charge in [0.15, 0.2) is 0 Å². The molecule has 2 atom stereocenters. The van der Waals surface area contributed by atoms with Crippen LogP contribution in [0, 0.1) is 11.8 Å². The number of amides is 1. The molecule has 116 valence electrons. The van der Waals surface area contributed by atoms with Gasteiger partial charge in [-0.3, -0.25) is 4.79 Å². The fraction of sp³-hybridized carbons (Fsp3) is 0.588. The van der Waals surface area contributed by atoms with Crippen molar-refractivity contribution in [1.82, 2.24) is 5.32 Å². The van der Waals surface area contributed by atoms with Crippen molar-refractivity contribution in [1.29, 1.82) is 0 Å². The number of nitrogens with one attached hydrogen (secondary N) is 1. The molecule has 0 saturated heterocycles. The first-order chi connectivity index (χ1) is 10.0. The molecule has 2 rings (SSSR count). The fourth-order valence-corrected chi connectivity index (χ4v) is 2.45. The lowest BCUT2D eigenvalue weighted by atomic mass is 9.94. The van der Waals surface area contributed by atoms with Crippen LogP contribution in [0.4, 0.5) is 0 Å². The van der Waals surface area contributed by atoms with Gasteiger partial charge in [0.1, 0.15) is 5.75 Å². The first-order valence-electron chi connectivity index (χ1n) is 7.75. The van der Waals surface area contributed by atoms with Crippen LogP contribution in [0.2, 0.25) is 0 Å². The summed E-state index contributed by atoms with van der Waals surface area (Å²) in [7, 11) is 0. The van der Waals surface area contributed by atoms with Gasteiger partial charge in [0, 0.05) is 12.5 Å². The lowest BCUT2D eigenvalue weighted by Crippen LogP contribution is -2.54. The zero-order chi connectivity index (χ0) is 15.3. The van der Waals surface area contributed by atoms with Crippen LogP contribution in [0.1, 0.15) is 33.1 Å². The molecule has 1 saturated carbocycles. The summed E-state index contributed by atoms with van der Waals surface area (Å²) in [6.07, 6.45) is 3.03. The van der Waals surface area contributed by atoms with Gasteiger partial charge in [0.25, 0.3) is 0 Å². The Hall–Kier alpha value is -1.55. The highest BCUT2D eigenvalue weighted by molar-refractivity contribution is 5.79. The van der Waals surface area contributed by atoms with E-state index in [2.05, 4.69) is 12.2 Å². The predicted molar refractivity (Wildman–Crippen MR) is 84.0 cm³/mol. The van der Waals surface area contributed by atoms with Crippen molar-refractivity contribution in [3.63, 3.8) is 0 Å². The van der Waals surface area contributed by atoms with E-state index < -0.39 is 0 Å². The van der Waals surface area contributed by atoms with Gasteiger partial charge in [-0.15, -0.1) is 0 Å². The van der Waals surface area contributed by atoms with Crippen LogP contribution in [0.3, 0.4) is 0 Å². The second kappa shape index (κ2) is 6.94.